The van der Waals surface area contributed by atoms with Gasteiger partial charge in [0.1, 0.15) is 5.69 Å². The van der Waals surface area contributed by atoms with E-state index in [9.17, 15) is 4.79 Å². The first-order valence-corrected chi connectivity index (χ1v) is 8.09. The number of anilines is 1. The zero-order chi connectivity index (χ0) is 16.5. The van der Waals surface area contributed by atoms with Gasteiger partial charge in [0.15, 0.2) is 0 Å². The summed E-state index contributed by atoms with van der Waals surface area (Å²) in [5.74, 6) is 0.314. The van der Waals surface area contributed by atoms with Crippen molar-refractivity contribution >= 4 is 11.9 Å². The Morgan fingerprint density at radius 3 is 2.65 bits per heavy atom. The highest BCUT2D eigenvalue weighted by atomic mass is 16.1. The van der Waals surface area contributed by atoms with Crippen LogP contribution in [0.2, 0.25) is 0 Å². The summed E-state index contributed by atoms with van der Waals surface area (Å²) in [4.78, 5) is 20.5. The summed E-state index contributed by atoms with van der Waals surface area (Å²) in [6, 6.07) is 9.89. The van der Waals surface area contributed by atoms with E-state index in [0.29, 0.717) is 24.7 Å². The van der Waals surface area contributed by atoms with Crippen LogP contribution in [0, 0.1) is 6.92 Å². The number of carbonyl (C=O) groups excluding carboxylic acids is 1. The molecule has 2 aromatic rings. The van der Waals surface area contributed by atoms with Gasteiger partial charge in [0.2, 0.25) is 5.95 Å². The van der Waals surface area contributed by atoms with Gasteiger partial charge in [-0.15, -0.1) is 0 Å². The Balaban J connectivity index is 1.88. The fraction of sp³-hybridized carbons (Fsp3) is 0.389. The number of amides is 1. The molecule has 2 rings (SSSR count). The normalized spacial score (nSPS) is 10.3. The maximum absolute atomic E-state index is 12.0. The van der Waals surface area contributed by atoms with E-state index in [1.165, 1.54) is 5.56 Å². The third-order valence-corrected chi connectivity index (χ3v) is 3.53. The van der Waals surface area contributed by atoms with Crippen molar-refractivity contribution in [2.24, 2.45) is 0 Å². The van der Waals surface area contributed by atoms with Crippen LogP contribution in [-0.2, 0) is 6.54 Å². The van der Waals surface area contributed by atoms with Crippen LogP contribution in [0.15, 0.2) is 36.5 Å². The Morgan fingerprint density at radius 2 is 1.91 bits per heavy atom. The van der Waals surface area contributed by atoms with E-state index in [-0.39, 0.29) is 5.91 Å². The molecule has 0 spiro atoms. The molecule has 0 unspecified atom stereocenters. The molecular formula is C18H24N4O. The van der Waals surface area contributed by atoms with Crippen molar-refractivity contribution in [1.82, 2.24) is 15.3 Å². The average molecular weight is 312 g/mol. The molecule has 0 aliphatic rings. The third-order valence-electron chi connectivity index (χ3n) is 3.53. The highest BCUT2D eigenvalue weighted by molar-refractivity contribution is 5.92. The molecule has 2 N–H and O–H groups in total. The molecule has 23 heavy (non-hydrogen) atoms. The number of unbranched alkanes of at least 4 members (excludes halogenated alkanes) is 2. The monoisotopic (exact) mass is 312 g/mol. The molecule has 5 nitrogen and oxygen atoms in total. The first-order chi connectivity index (χ1) is 11.2. The van der Waals surface area contributed by atoms with E-state index in [1.807, 2.05) is 0 Å². The predicted molar refractivity (Wildman–Crippen MR) is 92.4 cm³/mol. The van der Waals surface area contributed by atoms with Gasteiger partial charge < -0.3 is 10.6 Å². The molecule has 0 saturated carbocycles. The quantitative estimate of drug-likeness (QED) is 0.734. The molecule has 0 bridgehead atoms. The van der Waals surface area contributed by atoms with Crippen molar-refractivity contribution in [1.29, 1.82) is 0 Å². The minimum atomic E-state index is -0.151. The van der Waals surface area contributed by atoms with Crippen molar-refractivity contribution in [3.63, 3.8) is 0 Å². The first-order valence-electron chi connectivity index (χ1n) is 8.09. The second kappa shape index (κ2) is 8.88. The van der Waals surface area contributed by atoms with Crippen LogP contribution in [0.1, 0.15) is 47.8 Å². The van der Waals surface area contributed by atoms with E-state index < -0.39 is 0 Å². The molecule has 122 valence electrons. The Hall–Kier alpha value is -2.43. The largest absolute Gasteiger partial charge is 0.351 e. The number of aromatic nitrogens is 2. The molecule has 0 aliphatic heterocycles. The maximum atomic E-state index is 12.0. The average Bonchev–Trinajstić information content (AvgIpc) is 2.58. The molecule has 0 atom stereocenters. The number of nitrogens with zero attached hydrogens (tertiary/aromatic N) is 2. The fourth-order valence-electron chi connectivity index (χ4n) is 2.12. The molecule has 0 saturated heterocycles. The van der Waals surface area contributed by atoms with Gasteiger partial charge in [0, 0.05) is 19.3 Å². The van der Waals surface area contributed by atoms with E-state index in [1.54, 1.807) is 12.3 Å². The smallest absolute Gasteiger partial charge is 0.270 e. The number of nitrogens with one attached hydrogen (secondary N) is 2. The van der Waals surface area contributed by atoms with Crippen LogP contribution in [0.5, 0.6) is 0 Å². The number of rotatable bonds is 8. The number of aryl methyl sites for hydroxylation is 1. The Kier molecular flexibility index (Phi) is 6.54. The third kappa shape index (κ3) is 5.70. The lowest BCUT2D eigenvalue weighted by molar-refractivity contribution is 0.0948. The minimum absolute atomic E-state index is 0.151. The Morgan fingerprint density at radius 1 is 1.13 bits per heavy atom. The molecule has 1 aromatic heterocycles. The van der Waals surface area contributed by atoms with E-state index >= 15 is 0 Å². The zero-order valence-corrected chi connectivity index (χ0v) is 13.8. The molecule has 1 aromatic carbocycles. The lowest BCUT2D eigenvalue weighted by atomic mass is 10.1. The second-order valence-electron chi connectivity index (χ2n) is 5.57. The van der Waals surface area contributed by atoms with Gasteiger partial charge in [0.25, 0.3) is 5.91 Å². The number of benzene rings is 1. The predicted octanol–water partition coefficient (Wildman–Crippen LogP) is 3.32. The van der Waals surface area contributed by atoms with Gasteiger partial charge in [-0.25, -0.2) is 9.97 Å². The molecule has 0 radical (unpaired) electrons. The van der Waals surface area contributed by atoms with E-state index in [4.69, 9.17) is 0 Å². The van der Waals surface area contributed by atoms with Gasteiger partial charge in [-0.2, -0.15) is 0 Å². The van der Waals surface area contributed by atoms with Gasteiger partial charge in [0.05, 0.1) is 0 Å². The van der Waals surface area contributed by atoms with Crippen molar-refractivity contribution < 1.29 is 4.79 Å². The second-order valence-corrected chi connectivity index (χ2v) is 5.57. The topological polar surface area (TPSA) is 66.9 Å². The van der Waals surface area contributed by atoms with Gasteiger partial charge in [-0.05, 0) is 25.0 Å². The van der Waals surface area contributed by atoms with Gasteiger partial charge in [-0.3, -0.25) is 4.79 Å². The number of carbonyl (C=O) groups is 1. The zero-order valence-electron chi connectivity index (χ0n) is 13.8. The van der Waals surface area contributed by atoms with E-state index in [2.05, 4.69) is 58.7 Å². The van der Waals surface area contributed by atoms with Crippen LogP contribution in [-0.4, -0.2) is 22.4 Å². The SMILES string of the molecule is CCCCCNC(=O)c1ccnc(NCc2ccc(C)cc2)n1. The van der Waals surface area contributed by atoms with Crippen molar-refractivity contribution in [3.05, 3.63) is 53.3 Å². The van der Waals surface area contributed by atoms with E-state index in [0.717, 1.165) is 24.8 Å². The van der Waals surface area contributed by atoms with Crippen molar-refractivity contribution in [3.8, 4) is 0 Å². The van der Waals surface area contributed by atoms with Gasteiger partial charge in [-0.1, -0.05) is 49.6 Å². The summed E-state index contributed by atoms with van der Waals surface area (Å²) >= 11 is 0. The summed E-state index contributed by atoms with van der Waals surface area (Å²) < 4.78 is 0. The highest BCUT2D eigenvalue weighted by Crippen LogP contribution is 2.06. The van der Waals surface area contributed by atoms with Crippen LogP contribution in [0.3, 0.4) is 0 Å². The molecule has 5 heteroatoms. The summed E-state index contributed by atoms with van der Waals surface area (Å²) in [6.07, 6.45) is 4.85. The van der Waals surface area contributed by atoms with Crippen LogP contribution in [0.25, 0.3) is 0 Å². The highest BCUT2D eigenvalue weighted by Gasteiger charge is 2.08. The summed E-state index contributed by atoms with van der Waals surface area (Å²) in [5, 5.41) is 6.03. The first kappa shape index (κ1) is 16.9. The fourth-order valence-corrected chi connectivity index (χ4v) is 2.12. The summed E-state index contributed by atoms with van der Waals surface area (Å²) in [7, 11) is 0. The van der Waals surface area contributed by atoms with Crippen molar-refractivity contribution in [2.75, 3.05) is 11.9 Å². The standard InChI is InChI=1S/C18H24N4O/c1-3-4-5-11-19-17(23)16-10-12-20-18(22-16)21-13-15-8-6-14(2)7-9-15/h6-10,12H,3-5,11,13H2,1-2H3,(H,19,23)(H,20,21,22). The summed E-state index contributed by atoms with van der Waals surface area (Å²) in [5.41, 5.74) is 2.77. The Labute approximate surface area is 137 Å². The number of hydrogen-bond acceptors (Lipinski definition) is 4. The number of hydrogen-bond donors (Lipinski definition) is 2. The van der Waals surface area contributed by atoms with Crippen LogP contribution < -0.4 is 10.6 Å². The van der Waals surface area contributed by atoms with Crippen molar-refractivity contribution in [2.45, 2.75) is 39.7 Å². The van der Waals surface area contributed by atoms with Crippen LogP contribution in [0.4, 0.5) is 5.95 Å². The summed E-state index contributed by atoms with van der Waals surface area (Å²) in [6.45, 7) is 5.51. The molecule has 1 amide bonds. The Bertz CT molecular complexity index is 625. The molecular weight excluding hydrogens is 288 g/mol. The lowest BCUT2D eigenvalue weighted by Gasteiger charge is -2.07. The maximum Gasteiger partial charge on any atom is 0.270 e. The molecule has 1 heterocycles. The van der Waals surface area contributed by atoms with Crippen LogP contribution >= 0.6 is 0 Å². The molecule has 0 fully saturated rings. The van der Waals surface area contributed by atoms with Gasteiger partial charge >= 0.3 is 0 Å². The lowest BCUT2D eigenvalue weighted by Crippen LogP contribution is -2.25. The molecule has 0 aliphatic carbocycles. The minimum Gasteiger partial charge on any atom is -0.351 e.